The summed E-state index contributed by atoms with van der Waals surface area (Å²) in [7, 11) is 0. The third-order valence-electron chi connectivity index (χ3n) is 3.91. The highest BCUT2D eigenvalue weighted by molar-refractivity contribution is 6.39. The van der Waals surface area contributed by atoms with E-state index in [-0.39, 0.29) is 22.0 Å². The fraction of sp³-hybridized carbons (Fsp3) is 0.100. The van der Waals surface area contributed by atoms with Crippen LogP contribution in [0.2, 0.25) is 10.0 Å². The van der Waals surface area contributed by atoms with Crippen LogP contribution in [-0.4, -0.2) is 30.0 Å². The van der Waals surface area contributed by atoms with Gasteiger partial charge in [0.05, 0.1) is 10.6 Å². The molecule has 11 heteroatoms. The molecule has 3 rings (SSSR count). The first-order valence-corrected chi connectivity index (χ1v) is 9.22. The molecule has 0 spiro atoms. The molecule has 162 valence electrons. The monoisotopic (exact) mass is 473 g/mol. The molecule has 0 heterocycles. The predicted molar refractivity (Wildman–Crippen MR) is 108 cm³/mol. The van der Waals surface area contributed by atoms with Gasteiger partial charge in [0.2, 0.25) is 0 Å². The maximum Gasteiger partial charge on any atom is 0.573 e. The van der Waals surface area contributed by atoms with Crippen LogP contribution < -0.4 is 14.8 Å². The number of halogens is 5. The zero-order valence-corrected chi connectivity index (χ0v) is 16.8. The molecule has 0 fully saturated rings. The zero-order chi connectivity index (χ0) is 22.8. The average molecular weight is 474 g/mol. The van der Waals surface area contributed by atoms with Gasteiger partial charge >= 0.3 is 12.3 Å². The Bertz CT molecular complexity index is 1150. The van der Waals surface area contributed by atoms with E-state index in [2.05, 4.69) is 10.1 Å². The molecule has 0 aromatic heterocycles. The molecule has 3 aromatic carbocycles. The molecule has 0 saturated heterocycles. The van der Waals surface area contributed by atoms with Crippen molar-refractivity contribution >= 4 is 51.5 Å². The summed E-state index contributed by atoms with van der Waals surface area (Å²) in [5.74, 6) is -2.23. The Labute approximate surface area is 183 Å². The van der Waals surface area contributed by atoms with Crippen LogP contribution in [0.5, 0.6) is 11.5 Å². The molecule has 0 aliphatic rings. The molecule has 31 heavy (non-hydrogen) atoms. The highest BCUT2D eigenvalue weighted by atomic mass is 35.5. The minimum Gasteiger partial charge on any atom is -0.483 e. The van der Waals surface area contributed by atoms with E-state index in [0.717, 1.165) is 12.1 Å². The molecular formula is C20H12Cl2F3NO5. The number of aromatic carboxylic acids is 1. The molecule has 6 nitrogen and oxygen atoms in total. The van der Waals surface area contributed by atoms with Crippen molar-refractivity contribution in [1.82, 2.24) is 0 Å². The van der Waals surface area contributed by atoms with Crippen molar-refractivity contribution in [1.29, 1.82) is 0 Å². The van der Waals surface area contributed by atoms with Gasteiger partial charge in [-0.2, -0.15) is 0 Å². The number of hydrogen-bond acceptors (Lipinski definition) is 4. The number of carbonyl (C=O) groups excluding carboxylic acids is 1. The lowest BCUT2D eigenvalue weighted by molar-refractivity contribution is -0.274. The number of carboxylic acid groups (broad SMARTS) is 1. The number of rotatable bonds is 6. The van der Waals surface area contributed by atoms with Gasteiger partial charge in [-0.3, -0.25) is 4.79 Å². The number of benzene rings is 3. The summed E-state index contributed by atoms with van der Waals surface area (Å²) in [4.78, 5) is 23.6. The molecule has 0 bridgehead atoms. The first-order valence-electron chi connectivity index (χ1n) is 8.46. The van der Waals surface area contributed by atoms with E-state index in [1.807, 2.05) is 0 Å². The zero-order valence-electron chi connectivity index (χ0n) is 15.3. The fourth-order valence-electron chi connectivity index (χ4n) is 2.71. The molecule has 0 radical (unpaired) electrons. The number of nitrogens with one attached hydrogen (secondary N) is 1. The second-order valence-electron chi connectivity index (χ2n) is 6.17. The second kappa shape index (κ2) is 8.91. The topological polar surface area (TPSA) is 84.9 Å². The Morgan fingerprint density at radius 3 is 2.32 bits per heavy atom. The Hall–Kier alpha value is -3.17. The van der Waals surface area contributed by atoms with Gasteiger partial charge in [0, 0.05) is 16.1 Å². The molecule has 0 unspecified atom stereocenters. The van der Waals surface area contributed by atoms with Gasteiger partial charge in [-0.1, -0.05) is 23.2 Å². The maximum atomic E-state index is 12.2. The highest BCUT2D eigenvalue weighted by Crippen LogP contribution is 2.36. The smallest absolute Gasteiger partial charge is 0.483 e. The quantitative estimate of drug-likeness (QED) is 0.475. The van der Waals surface area contributed by atoms with E-state index in [1.165, 1.54) is 36.4 Å². The van der Waals surface area contributed by atoms with Gasteiger partial charge in [-0.15, -0.1) is 13.2 Å². The van der Waals surface area contributed by atoms with E-state index in [1.54, 1.807) is 0 Å². The van der Waals surface area contributed by atoms with Crippen molar-refractivity contribution in [3.05, 3.63) is 64.1 Å². The largest absolute Gasteiger partial charge is 0.573 e. The Balaban J connectivity index is 1.74. The van der Waals surface area contributed by atoms with Gasteiger partial charge in [0.25, 0.3) is 5.91 Å². The minimum atomic E-state index is -4.82. The van der Waals surface area contributed by atoms with Crippen molar-refractivity contribution in [2.45, 2.75) is 6.36 Å². The summed E-state index contributed by atoms with van der Waals surface area (Å²) in [5, 5.41) is 13.0. The van der Waals surface area contributed by atoms with E-state index < -0.39 is 30.6 Å². The molecule has 1 amide bonds. The van der Waals surface area contributed by atoms with E-state index >= 15 is 0 Å². The number of ether oxygens (including phenoxy) is 2. The SMILES string of the molecule is O=C(COc1cc(C(=O)O)cc2cc(Cl)cc(Cl)c12)Nc1ccc(OC(F)(F)F)cc1. The fourth-order valence-corrected chi connectivity index (χ4v) is 3.31. The van der Waals surface area contributed by atoms with Crippen molar-refractivity contribution < 1.29 is 37.3 Å². The van der Waals surface area contributed by atoms with Crippen molar-refractivity contribution in [3.8, 4) is 11.5 Å². The lowest BCUT2D eigenvalue weighted by atomic mass is 10.1. The number of carboxylic acids is 1. The maximum absolute atomic E-state index is 12.2. The first-order chi connectivity index (χ1) is 14.5. The van der Waals surface area contributed by atoms with Crippen molar-refractivity contribution in [2.24, 2.45) is 0 Å². The number of amides is 1. The van der Waals surface area contributed by atoms with Gasteiger partial charge in [-0.05, 0) is 53.9 Å². The van der Waals surface area contributed by atoms with Crippen LogP contribution in [-0.2, 0) is 4.79 Å². The van der Waals surface area contributed by atoms with Crippen LogP contribution in [0.15, 0.2) is 48.5 Å². The summed E-state index contributed by atoms with van der Waals surface area (Å²) in [5.41, 5.74) is 0.110. The van der Waals surface area contributed by atoms with Crippen LogP contribution in [0.1, 0.15) is 10.4 Å². The highest BCUT2D eigenvalue weighted by Gasteiger charge is 2.31. The van der Waals surface area contributed by atoms with Crippen LogP contribution in [0.4, 0.5) is 18.9 Å². The van der Waals surface area contributed by atoms with Gasteiger partial charge in [0.1, 0.15) is 11.5 Å². The Kier molecular flexibility index (Phi) is 6.47. The van der Waals surface area contributed by atoms with Crippen molar-refractivity contribution in [3.63, 3.8) is 0 Å². The Morgan fingerprint density at radius 1 is 1.03 bits per heavy atom. The molecule has 0 saturated carbocycles. The van der Waals surface area contributed by atoms with E-state index in [9.17, 15) is 27.9 Å². The van der Waals surface area contributed by atoms with E-state index in [4.69, 9.17) is 27.9 Å². The molecule has 3 aromatic rings. The number of hydrogen-bond donors (Lipinski definition) is 2. The van der Waals surface area contributed by atoms with Crippen LogP contribution in [0.3, 0.4) is 0 Å². The van der Waals surface area contributed by atoms with Gasteiger partial charge in [-0.25, -0.2) is 4.79 Å². The van der Waals surface area contributed by atoms with Crippen LogP contribution >= 0.6 is 23.2 Å². The van der Waals surface area contributed by atoms with Crippen LogP contribution in [0, 0.1) is 0 Å². The summed E-state index contributed by atoms with van der Waals surface area (Å²) < 4.78 is 45.8. The number of anilines is 1. The van der Waals surface area contributed by atoms with Gasteiger partial charge < -0.3 is 19.9 Å². The predicted octanol–water partition coefficient (Wildman–Crippen LogP) is 5.76. The van der Waals surface area contributed by atoms with Crippen molar-refractivity contribution in [2.75, 3.05) is 11.9 Å². The molecule has 0 atom stereocenters. The third-order valence-corrected chi connectivity index (χ3v) is 4.42. The first kappa shape index (κ1) is 22.5. The van der Waals surface area contributed by atoms with Gasteiger partial charge in [0.15, 0.2) is 6.61 Å². The molecular weight excluding hydrogens is 462 g/mol. The summed E-state index contributed by atoms with van der Waals surface area (Å²) >= 11 is 12.2. The molecule has 0 aliphatic carbocycles. The normalized spacial score (nSPS) is 11.3. The number of fused-ring (bicyclic) bond motifs is 1. The Morgan fingerprint density at radius 2 is 1.71 bits per heavy atom. The summed E-state index contributed by atoms with van der Waals surface area (Å²) in [6.45, 7) is -0.516. The number of carbonyl (C=O) groups is 2. The standard InChI is InChI=1S/C20H12Cl2F3NO5/c21-12-6-10-5-11(19(28)29)7-16(18(10)15(22)8-12)30-9-17(27)26-13-1-3-14(4-2-13)31-20(23,24)25/h1-8H,9H2,(H,26,27)(H,28,29). The van der Waals surface area contributed by atoms with E-state index in [0.29, 0.717) is 15.8 Å². The second-order valence-corrected chi connectivity index (χ2v) is 7.02. The lowest BCUT2D eigenvalue weighted by Crippen LogP contribution is -2.20. The molecule has 2 N–H and O–H groups in total. The van der Waals surface area contributed by atoms with Crippen LogP contribution in [0.25, 0.3) is 10.8 Å². The summed E-state index contributed by atoms with van der Waals surface area (Å²) in [6.07, 6.45) is -4.82. The lowest BCUT2D eigenvalue weighted by Gasteiger charge is -2.13. The number of alkyl halides is 3. The molecule has 0 aliphatic heterocycles. The third kappa shape index (κ3) is 5.93. The average Bonchev–Trinajstić information content (AvgIpc) is 2.65. The summed E-state index contributed by atoms with van der Waals surface area (Å²) in [6, 6.07) is 10.1. The minimum absolute atomic E-state index is 0.0561.